The van der Waals surface area contributed by atoms with Crippen molar-refractivity contribution in [1.29, 1.82) is 0 Å². The number of aromatic nitrogens is 2. The lowest BCUT2D eigenvalue weighted by Gasteiger charge is -2.10. The Morgan fingerprint density at radius 3 is 2.79 bits per heavy atom. The highest BCUT2D eigenvalue weighted by Crippen LogP contribution is 2.22. The zero-order valence-corrected chi connectivity index (χ0v) is 11.1. The molecule has 0 amide bonds. The molecule has 0 aliphatic rings. The molecule has 2 aromatic rings. The molecule has 0 unspecified atom stereocenters. The molecular weight excluding hydrogens is 242 g/mol. The van der Waals surface area contributed by atoms with Crippen LogP contribution in [0.3, 0.4) is 0 Å². The Labute approximate surface area is 113 Å². The van der Waals surface area contributed by atoms with Crippen molar-refractivity contribution < 1.29 is 9.47 Å². The van der Waals surface area contributed by atoms with E-state index < -0.39 is 0 Å². The summed E-state index contributed by atoms with van der Waals surface area (Å²) >= 11 is 0. The molecular formula is C14H19N3O2. The highest BCUT2D eigenvalue weighted by atomic mass is 16.5. The second-order valence-corrected chi connectivity index (χ2v) is 4.22. The number of rotatable bonds is 7. The molecule has 2 rings (SSSR count). The average Bonchev–Trinajstić information content (AvgIpc) is 2.96. The molecule has 1 aromatic carbocycles. The van der Waals surface area contributed by atoms with E-state index in [2.05, 4.69) is 4.98 Å². The molecule has 0 aliphatic carbocycles. The van der Waals surface area contributed by atoms with E-state index >= 15 is 0 Å². The number of ether oxygens (including phenoxy) is 2. The van der Waals surface area contributed by atoms with Crippen LogP contribution in [0.5, 0.6) is 11.5 Å². The van der Waals surface area contributed by atoms with Gasteiger partial charge in [-0.3, -0.25) is 0 Å². The van der Waals surface area contributed by atoms with E-state index in [4.69, 9.17) is 15.2 Å². The van der Waals surface area contributed by atoms with Crippen LogP contribution in [0, 0.1) is 0 Å². The predicted molar refractivity (Wildman–Crippen MR) is 73.2 cm³/mol. The monoisotopic (exact) mass is 261 g/mol. The van der Waals surface area contributed by atoms with Gasteiger partial charge < -0.3 is 19.8 Å². The Morgan fingerprint density at radius 1 is 1.26 bits per heavy atom. The molecule has 1 aromatic heterocycles. The Bertz CT molecular complexity index is 475. The second-order valence-electron chi connectivity index (χ2n) is 4.22. The number of nitrogens with two attached hydrogens (primary N) is 1. The molecule has 0 atom stereocenters. The van der Waals surface area contributed by atoms with Gasteiger partial charge in [-0.15, -0.1) is 0 Å². The maximum absolute atomic E-state index is 5.72. The Hall–Kier alpha value is -2.01. The summed E-state index contributed by atoms with van der Waals surface area (Å²) in [6.45, 7) is 2.02. The first-order chi connectivity index (χ1) is 9.31. The van der Waals surface area contributed by atoms with Crippen LogP contribution in [0.4, 0.5) is 0 Å². The van der Waals surface area contributed by atoms with E-state index in [-0.39, 0.29) is 0 Å². The van der Waals surface area contributed by atoms with Crippen molar-refractivity contribution in [3.8, 4) is 11.5 Å². The van der Waals surface area contributed by atoms with Crippen molar-refractivity contribution in [2.24, 2.45) is 5.73 Å². The molecule has 102 valence electrons. The number of imidazole rings is 1. The van der Waals surface area contributed by atoms with Crippen LogP contribution >= 0.6 is 0 Å². The fourth-order valence-electron chi connectivity index (χ4n) is 1.81. The minimum atomic E-state index is 0.475. The Kier molecular flexibility index (Phi) is 4.80. The lowest BCUT2D eigenvalue weighted by molar-refractivity contribution is 0.299. The second kappa shape index (κ2) is 6.80. The summed E-state index contributed by atoms with van der Waals surface area (Å²) < 4.78 is 13.0. The molecule has 19 heavy (non-hydrogen) atoms. The summed E-state index contributed by atoms with van der Waals surface area (Å²) in [7, 11) is 1.64. The molecule has 0 spiro atoms. The van der Waals surface area contributed by atoms with Crippen LogP contribution in [0.15, 0.2) is 36.9 Å². The number of hydrogen-bond donors (Lipinski definition) is 1. The van der Waals surface area contributed by atoms with Crippen LogP contribution in [-0.4, -0.2) is 23.3 Å². The average molecular weight is 261 g/mol. The fourth-order valence-corrected chi connectivity index (χ4v) is 1.81. The van der Waals surface area contributed by atoms with E-state index in [1.165, 1.54) is 0 Å². The molecule has 0 aliphatic heterocycles. The van der Waals surface area contributed by atoms with Crippen molar-refractivity contribution in [2.45, 2.75) is 19.5 Å². The quantitative estimate of drug-likeness (QED) is 0.772. The highest BCUT2D eigenvalue weighted by Gasteiger charge is 2.01. The maximum atomic E-state index is 5.72. The minimum absolute atomic E-state index is 0.475. The molecule has 0 fully saturated rings. The summed E-state index contributed by atoms with van der Waals surface area (Å²) in [6, 6.07) is 5.73. The molecule has 1 heterocycles. The highest BCUT2D eigenvalue weighted by molar-refractivity contribution is 5.38. The number of methoxy groups -OCH3 is 1. The van der Waals surface area contributed by atoms with Gasteiger partial charge in [-0.05, 0) is 24.1 Å². The van der Waals surface area contributed by atoms with Crippen molar-refractivity contribution in [3.63, 3.8) is 0 Å². The lowest BCUT2D eigenvalue weighted by Crippen LogP contribution is -2.04. The third-order valence-electron chi connectivity index (χ3n) is 2.80. The largest absolute Gasteiger partial charge is 0.497 e. The summed E-state index contributed by atoms with van der Waals surface area (Å²) in [5, 5.41) is 0. The molecule has 0 radical (unpaired) electrons. The first-order valence-electron chi connectivity index (χ1n) is 6.28. The number of hydrogen-bond acceptors (Lipinski definition) is 4. The normalized spacial score (nSPS) is 10.4. The number of aryl methyl sites for hydroxylation is 1. The van der Waals surface area contributed by atoms with Crippen LogP contribution in [-0.2, 0) is 13.1 Å². The summed E-state index contributed by atoms with van der Waals surface area (Å²) in [5.74, 6) is 1.57. The van der Waals surface area contributed by atoms with Crippen molar-refractivity contribution >= 4 is 0 Å². The standard InChI is InChI=1S/C14H19N3O2/c1-18-13-7-12(10-15)8-14(9-13)19-6-2-4-17-5-3-16-11-17/h3,5,7-9,11H,2,4,6,10,15H2,1H3. The summed E-state index contributed by atoms with van der Waals surface area (Å²) in [6.07, 6.45) is 6.44. The molecule has 0 bridgehead atoms. The van der Waals surface area contributed by atoms with Crippen LogP contribution in [0.2, 0.25) is 0 Å². The minimum Gasteiger partial charge on any atom is -0.497 e. The Morgan fingerprint density at radius 2 is 2.11 bits per heavy atom. The predicted octanol–water partition coefficient (Wildman–Crippen LogP) is 1.82. The van der Waals surface area contributed by atoms with Gasteiger partial charge in [0.2, 0.25) is 0 Å². The van der Waals surface area contributed by atoms with Gasteiger partial charge in [0.1, 0.15) is 11.5 Å². The van der Waals surface area contributed by atoms with E-state index in [0.29, 0.717) is 13.2 Å². The van der Waals surface area contributed by atoms with Gasteiger partial charge >= 0.3 is 0 Å². The SMILES string of the molecule is COc1cc(CN)cc(OCCCn2ccnc2)c1. The van der Waals surface area contributed by atoms with Gasteiger partial charge in [0.25, 0.3) is 0 Å². The zero-order chi connectivity index (χ0) is 13.5. The molecule has 2 N–H and O–H groups in total. The first-order valence-corrected chi connectivity index (χ1v) is 6.28. The molecule has 0 saturated carbocycles. The van der Waals surface area contributed by atoms with Crippen molar-refractivity contribution in [3.05, 3.63) is 42.5 Å². The smallest absolute Gasteiger partial charge is 0.123 e. The van der Waals surface area contributed by atoms with Gasteiger partial charge in [0.05, 0.1) is 20.0 Å². The zero-order valence-electron chi connectivity index (χ0n) is 11.1. The molecule has 0 saturated heterocycles. The van der Waals surface area contributed by atoms with Crippen LogP contribution in [0.1, 0.15) is 12.0 Å². The third kappa shape index (κ3) is 3.99. The molecule has 5 heteroatoms. The van der Waals surface area contributed by atoms with Gasteiger partial charge in [0, 0.05) is 31.5 Å². The van der Waals surface area contributed by atoms with Gasteiger partial charge in [0.15, 0.2) is 0 Å². The third-order valence-corrected chi connectivity index (χ3v) is 2.80. The van der Waals surface area contributed by atoms with Gasteiger partial charge in [-0.2, -0.15) is 0 Å². The lowest BCUT2D eigenvalue weighted by atomic mass is 10.2. The van der Waals surface area contributed by atoms with E-state index in [9.17, 15) is 0 Å². The fraction of sp³-hybridized carbons (Fsp3) is 0.357. The van der Waals surface area contributed by atoms with Gasteiger partial charge in [-0.1, -0.05) is 0 Å². The van der Waals surface area contributed by atoms with E-state index in [1.54, 1.807) is 19.6 Å². The summed E-state index contributed by atoms with van der Waals surface area (Å²) in [4.78, 5) is 4.00. The van der Waals surface area contributed by atoms with Crippen LogP contribution in [0.25, 0.3) is 0 Å². The van der Waals surface area contributed by atoms with Crippen molar-refractivity contribution in [2.75, 3.05) is 13.7 Å². The van der Waals surface area contributed by atoms with Crippen LogP contribution < -0.4 is 15.2 Å². The number of benzene rings is 1. The van der Waals surface area contributed by atoms with E-state index in [0.717, 1.165) is 30.0 Å². The number of nitrogens with zero attached hydrogens (tertiary/aromatic N) is 2. The van der Waals surface area contributed by atoms with Gasteiger partial charge in [-0.25, -0.2) is 4.98 Å². The van der Waals surface area contributed by atoms with Crippen molar-refractivity contribution in [1.82, 2.24) is 9.55 Å². The first kappa shape index (κ1) is 13.4. The Balaban J connectivity index is 1.84. The maximum Gasteiger partial charge on any atom is 0.123 e. The van der Waals surface area contributed by atoms with E-state index in [1.807, 2.05) is 29.0 Å². The molecule has 5 nitrogen and oxygen atoms in total. The summed E-state index contributed by atoms with van der Waals surface area (Å²) in [5.41, 5.74) is 6.64. The topological polar surface area (TPSA) is 62.3 Å².